The smallest absolute Gasteiger partial charge is 0.328 e. The first kappa shape index (κ1) is 13.1. The van der Waals surface area contributed by atoms with Crippen molar-refractivity contribution in [2.24, 2.45) is 0 Å². The van der Waals surface area contributed by atoms with Crippen LogP contribution in [0.15, 0.2) is 21.6 Å². The Labute approximate surface area is 105 Å². The molecule has 18 heavy (non-hydrogen) atoms. The number of rotatable bonds is 3. The van der Waals surface area contributed by atoms with E-state index in [0.29, 0.717) is 0 Å². The van der Waals surface area contributed by atoms with Gasteiger partial charge in [0.05, 0.1) is 0 Å². The molecule has 1 fully saturated rings. The summed E-state index contributed by atoms with van der Waals surface area (Å²) in [6.07, 6.45) is 5.20. The number of carbonyl (C=O) groups excluding carboxylic acids is 1. The first-order valence-corrected chi connectivity index (χ1v) is 7.29. The van der Waals surface area contributed by atoms with Crippen molar-refractivity contribution >= 4 is 16.0 Å². The van der Waals surface area contributed by atoms with E-state index in [-0.39, 0.29) is 11.8 Å². The summed E-state index contributed by atoms with van der Waals surface area (Å²) in [6, 6.07) is 2.41. The normalized spacial score (nSPS) is 17.6. The molecule has 1 aromatic rings. The fraction of sp³-hybridized carbons (Fsp3) is 0.545. The zero-order valence-corrected chi connectivity index (χ0v) is 10.6. The van der Waals surface area contributed by atoms with Crippen LogP contribution < -0.4 is 5.32 Å². The molecule has 0 spiro atoms. The zero-order chi connectivity index (χ0) is 13.2. The Morgan fingerprint density at radius 3 is 2.50 bits per heavy atom. The molecule has 100 valence electrons. The molecule has 6 nitrogen and oxygen atoms in total. The Kier molecular flexibility index (Phi) is 3.72. The van der Waals surface area contributed by atoms with Gasteiger partial charge in [0.1, 0.15) is 0 Å². The van der Waals surface area contributed by atoms with Crippen molar-refractivity contribution in [2.75, 3.05) is 0 Å². The highest BCUT2D eigenvalue weighted by Gasteiger charge is 2.21. The molecule has 0 bridgehead atoms. The summed E-state index contributed by atoms with van der Waals surface area (Å²) in [4.78, 5) is 11.8. The number of hydrogen-bond donors (Lipinski definition) is 2. The van der Waals surface area contributed by atoms with E-state index >= 15 is 0 Å². The third-order valence-electron chi connectivity index (χ3n) is 3.00. The van der Waals surface area contributed by atoms with Crippen molar-refractivity contribution < 1.29 is 22.2 Å². The molecule has 0 saturated heterocycles. The van der Waals surface area contributed by atoms with Gasteiger partial charge in [-0.3, -0.25) is 9.35 Å². The van der Waals surface area contributed by atoms with Crippen LogP contribution in [0.4, 0.5) is 0 Å². The second-order valence-corrected chi connectivity index (χ2v) is 5.75. The summed E-state index contributed by atoms with van der Waals surface area (Å²) >= 11 is 0. The van der Waals surface area contributed by atoms with Crippen LogP contribution in [0.5, 0.6) is 0 Å². The van der Waals surface area contributed by atoms with Crippen LogP contribution in [0.2, 0.25) is 0 Å². The van der Waals surface area contributed by atoms with E-state index in [0.717, 1.165) is 31.7 Å². The SMILES string of the molecule is O=C(NC1CCCCC1)c1ccc(S(=O)(=O)O)o1. The van der Waals surface area contributed by atoms with Crippen molar-refractivity contribution in [1.29, 1.82) is 0 Å². The van der Waals surface area contributed by atoms with Crippen LogP contribution in [-0.2, 0) is 10.1 Å². The molecule has 1 amide bonds. The zero-order valence-electron chi connectivity index (χ0n) is 9.76. The molecule has 2 N–H and O–H groups in total. The third kappa shape index (κ3) is 3.11. The maximum absolute atomic E-state index is 11.8. The number of furan rings is 1. The lowest BCUT2D eigenvalue weighted by Gasteiger charge is -2.22. The molecule has 1 aromatic heterocycles. The number of hydrogen-bond acceptors (Lipinski definition) is 4. The Morgan fingerprint density at radius 2 is 1.94 bits per heavy atom. The van der Waals surface area contributed by atoms with Crippen LogP contribution in [0, 0.1) is 0 Å². The molecule has 0 unspecified atom stereocenters. The molecule has 1 heterocycles. The van der Waals surface area contributed by atoms with Gasteiger partial charge in [-0.25, -0.2) is 0 Å². The highest BCUT2D eigenvalue weighted by Crippen LogP contribution is 2.19. The first-order chi connectivity index (χ1) is 8.47. The van der Waals surface area contributed by atoms with Gasteiger partial charge in [-0.1, -0.05) is 19.3 Å². The van der Waals surface area contributed by atoms with E-state index in [2.05, 4.69) is 5.32 Å². The highest BCUT2D eigenvalue weighted by molar-refractivity contribution is 7.85. The van der Waals surface area contributed by atoms with Crippen LogP contribution in [0.3, 0.4) is 0 Å². The molecule has 0 aliphatic heterocycles. The highest BCUT2D eigenvalue weighted by atomic mass is 32.2. The molecular formula is C11H15NO5S. The number of amides is 1. The summed E-state index contributed by atoms with van der Waals surface area (Å²) in [7, 11) is -4.40. The summed E-state index contributed by atoms with van der Waals surface area (Å²) < 4.78 is 35.1. The Balaban J connectivity index is 2.02. The minimum atomic E-state index is -4.40. The quantitative estimate of drug-likeness (QED) is 0.815. The maximum atomic E-state index is 11.8. The fourth-order valence-electron chi connectivity index (χ4n) is 2.08. The van der Waals surface area contributed by atoms with Crippen LogP contribution in [-0.4, -0.2) is 24.9 Å². The van der Waals surface area contributed by atoms with Crippen LogP contribution in [0.1, 0.15) is 42.7 Å². The van der Waals surface area contributed by atoms with Gasteiger partial charge in [0.25, 0.3) is 5.91 Å². The van der Waals surface area contributed by atoms with Gasteiger partial charge in [-0.05, 0) is 25.0 Å². The molecule has 0 aromatic carbocycles. The number of nitrogens with one attached hydrogen (secondary N) is 1. The van der Waals surface area contributed by atoms with E-state index < -0.39 is 21.1 Å². The topological polar surface area (TPSA) is 96.6 Å². The predicted octanol–water partition coefficient (Wildman–Crippen LogP) is 1.59. The predicted molar refractivity (Wildman–Crippen MR) is 62.9 cm³/mol. The average Bonchev–Trinajstić information content (AvgIpc) is 2.79. The van der Waals surface area contributed by atoms with Gasteiger partial charge in [-0.2, -0.15) is 8.42 Å². The van der Waals surface area contributed by atoms with Gasteiger partial charge >= 0.3 is 10.1 Å². The van der Waals surface area contributed by atoms with E-state index in [4.69, 9.17) is 8.97 Å². The van der Waals surface area contributed by atoms with E-state index in [9.17, 15) is 13.2 Å². The molecule has 7 heteroatoms. The Bertz CT molecular complexity index is 527. The van der Waals surface area contributed by atoms with Crippen molar-refractivity contribution in [3.63, 3.8) is 0 Å². The van der Waals surface area contributed by atoms with Gasteiger partial charge in [0, 0.05) is 6.04 Å². The molecule has 2 rings (SSSR count). The van der Waals surface area contributed by atoms with Crippen LogP contribution >= 0.6 is 0 Å². The first-order valence-electron chi connectivity index (χ1n) is 5.85. The molecule has 1 aliphatic rings. The minimum absolute atomic E-state index is 0.104. The monoisotopic (exact) mass is 273 g/mol. The average molecular weight is 273 g/mol. The number of carbonyl (C=O) groups is 1. The largest absolute Gasteiger partial charge is 0.437 e. The molecule has 1 aliphatic carbocycles. The fourth-order valence-corrected chi connectivity index (χ4v) is 2.52. The van der Waals surface area contributed by atoms with E-state index in [1.165, 1.54) is 12.5 Å². The van der Waals surface area contributed by atoms with Gasteiger partial charge in [0.15, 0.2) is 5.76 Å². The molecule has 0 radical (unpaired) electrons. The van der Waals surface area contributed by atoms with Crippen LogP contribution in [0.25, 0.3) is 0 Å². The summed E-state index contributed by atoms with van der Waals surface area (Å²) in [5.41, 5.74) is 0. The molecule has 1 saturated carbocycles. The summed E-state index contributed by atoms with van der Waals surface area (Å²) in [5.74, 6) is -0.551. The maximum Gasteiger partial charge on any atom is 0.328 e. The van der Waals surface area contributed by atoms with Crippen molar-refractivity contribution in [2.45, 2.75) is 43.2 Å². The summed E-state index contributed by atoms with van der Waals surface area (Å²) in [6.45, 7) is 0. The standard InChI is InChI=1S/C11H15NO5S/c13-11(12-8-4-2-1-3-5-8)9-6-7-10(17-9)18(14,15)16/h6-8H,1-5H2,(H,12,13)(H,14,15,16). The lowest BCUT2D eigenvalue weighted by Crippen LogP contribution is -2.35. The van der Waals surface area contributed by atoms with Crippen molar-refractivity contribution in [1.82, 2.24) is 5.32 Å². The molecule has 0 atom stereocenters. The second-order valence-electron chi connectivity index (χ2n) is 4.40. The third-order valence-corrected chi connectivity index (χ3v) is 3.73. The Hall–Kier alpha value is -1.34. The lowest BCUT2D eigenvalue weighted by molar-refractivity contribution is 0.0894. The van der Waals surface area contributed by atoms with Crippen molar-refractivity contribution in [3.05, 3.63) is 17.9 Å². The van der Waals surface area contributed by atoms with Gasteiger partial charge in [-0.15, -0.1) is 0 Å². The van der Waals surface area contributed by atoms with Gasteiger partial charge < -0.3 is 9.73 Å². The van der Waals surface area contributed by atoms with Crippen molar-refractivity contribution in [3.8, 4) is 0 Å². The Morgan fingerprint density at radius 1 is 1.28 bits per heavy atom. The summed E-state index contributed by atoms with van der Waals surface area (Å²) in [5, 5.41) is 2.18. The van der Waals surface area contributed by atoms with E-state index in [1.54, 1.807) is 0 Å². The molecular weight excluding hydrogens is 258 g/mol. The second kappa shape index (κ2) is 5.11. The lowest BCUT2D eigenvalue weighted by atomic mass is 9.95. The van der Waals surface area contributed by atoms with E-state index in [1.807, 2.05) is 0 Å². The minimum Gasteiger partial charge on any atom is -0.437 e. The van der Waals surface area contributed by atoms with Gasteiger partial charge in [0.2, 0.25) is 5.09 Å².